The zero-order chi connectivity index (χ0) is 17.8. The van der Waals surface area contributed by atoms with Crippen molar-refractivity contribution in [3.63, 3.8) is 0 Å². The van der Waals surface area contributed by atoms with Crippen LogP contribution >= 0.6 is 11.8 Å². The van der Waals surface area contributed by atoms with E-state index < -0.39 is 12.1 Å². The lowest BCUT2D eigenvalue weighted by Gasteiger charge is -2.13. The van der Waals surface area contributed by atoms with Crippen LogP contribution in [0, 0.1) is 6.92 Å². The molecule has 2 N–H and O–H groups in total. The Morgan fingerprint density at radius 2 is 2.00 bits per heavy atom. The van der Waals surface area contributed by atoms with Gasteiger partial charge in [-0.15, -0.1) is 0 Å². The average Bonchev–Trinajstić information content (AvgIpc) is 2.91. The molecule has 1 amide bonds. The number of aryl methyl sites for hydroxylation is 1. The van der Waals surface area contributed by atoms with Crippen LogP contribution in [0.5, 0.6) is 5.75 Å². The number of nitrogens with zero attached hydrogens (tertiary/aromatic N) is 1. The molecule has 2 aromatic rings. The maximum absolute atomic E-state index is 11.6. The van der Waals surface area contributed by atoms with Crippen LogP contribution in [0.4, 0.5) is 4.79 Å². The van der Waals surface area contributed by atoms with E-state index in [0.29, 0.717) is 29.6 Å². The Morgan fingerprint density at radius 1 is 1.24 bits per heavy atom. The highest BCUT2D eigenvalue weighted by atomic mass is 32.2. The summed E-state index contributed by atoms with van der Waals surface area (Å²) >= 11 is 0.714. The summed E-state index contributed by atoms with van der Waals surface area (Å²) in [5.74, 6) is 0.617. The Kier molecular flexibility index (Phi) is 5.35. The topological polar surface area (TPSA) is 88.5 Å². The standard InChI is InChI=1S/C18H18N2O4S/c1-11-3-2-4-14(19-11)16(21)10-24-13-7-5-12(6-8-13)9-15-17(22)25-18(23)20-15/h2-8,15-16,21H,9-10H2,1H3,(H,20,23). The molecule has 0 spiro atoms. The van der Waals surface area contributed by atoms with Gasteiger partial charge in [-0.25, -0.2) is 0 Å². The molecular weight excluding hydrogens is 340 g/mol. The Hall–Kier alpha value is -2.38. The molecule has 0 saturated carbocycles. The van der Waals surface area contributed by atoms with Gasteiger partial charge in [0.05, 0.1) is 5.69 Å². The highest BCUT2D eigenvalue weighted by Gasteiger charge is 2.31. The first-order valence-corrected chi connectivity index (χ1v) is 8.68. The van der Waals surface area contributed by atoms with Gasteiger partial charge in [-0.1, -0.05) is 18.2 Å². The predicted octanol–water partition coefficient (Wildman–Crippen LogP) is 2.40. The van der Waals surface area contributed by atoms with Crippen molar-refractivity contribution in [2.45, 2.75) is 25.5 Å². The molecule has 0 aliphatic carbocycles. The molecule has 6 nitrogen and oxygen atoms in total. The maximum Gasteiger partial charge on any atom is 0.287 e. The zero-order valence-electron chi connectivity index (χ0n) is 13.6. The smallest absolute Gasteiger partial charge is 0.287 e. The SMILES string of the molecule is Cc1cccc(C(O)COc2ccc(CC3NC(=O)SC3=O)cc2)n1. The Labute approximate surface area is 149 Å². The molecule has 7 heteroatoms. The van der Waals surface area contributed by atoms with E-state index in [4.69, 9.17) is 4.74 Å². The van der Waals surface area contributed by atoms with Gasteiger partial charge in [0.1, 0.15) is 24.5 Å². The van der Waals surface area contributed by atoms with E-state index >= 15 is 0 Å². The van der Waals surface area contributed by atoms with Crippen molar-refractivity contribution in [2.24, 2.45) is 0 Å². The minimum Gasteiger partial charge on any atom is -0.490 e. The van der Waals surface area contributed by atoms with E-state index in [1.165, 1.54) is 0 Å². The van der Waals surface area contributed by atoms with Crippen LogP contribution < -0.4 is 10.1 Å². The molecule has 130 valence electrons. The third-order valence-electron chi connectivity index (χ3n) is 3.79. The van der Waals surface area contributed by atoms with Crippen molar-refractivity contribution in [1.29, 1.82) is 0 Å². The first-order valence-electron chi connectivity index (χ1n) is 7.87. The van der Waals surface area contributed by atoms with Gasteiger partial charge in [0.15, 0.2) is 0 Å². The summed E-state index contributed by atoms with van der Waals surface area (Å²) in [7, 11) is 0. The second-order valence-electron chi connectivity index (χ2n) is 5.78. The highest BCUT2D eigenvalue weighted by Crippen LogP contribution is 2.21. The fraction of sp³-hybridized carbons (Fsp3) is 0.278. The summed E-state index contributed by atoms with van der Waals surface area (Å²) in [5, 5.41) is 12.3. The third-order valence-corrected chi connectivity index (χ3v) is 4.58. The summed E-state index contributed by atoms with van der Waals surface area (Å²) in [4.78, 5) is 27.1. The summed E-state index contributed by atoms with van der Waals surface area (Å²) in [6.07, 6.45) is -0.351. The highest BCUT2D eigenvalue weighted by molar-refractivity contribution is 8.26. The molecule has 1 aromatic heterocycles. The summed E-state index contributed by atoms with van der Waals surface area (Å²) in [6.45, 7) is 1.97. The molecule has 3 rings (SSSR count). The van der Waals surface area contributed by atoms with Crippen molar-refractivity contribution >= 4 is 22.1 Å². The van der Waals surface area contributed by atoms with Gasteiger partial charge in [-0.2, -0.15) is 0 Å². The molecule has 2 unspecified atom stereocenters. The zero-order valence-corrected chi connectivity index (χ0v) is 14.5. The summed E-state index contributed by atoms with van der Waals surface area (Å²) in [6, 6.07) is 12.2. The van der Waals surface area contributed by atoms with E-state index in [1.807, 2.05) is 31.2 Å². The van der Waals surface area contributed by atoms with Crippen molar-refractivity contribution in [2.75, 3.05) is 6.61 Å². The van der Waals surface area contributed by atoms with Gasteiger partial charge in [0.25, 0.3) is 5.24 Å². The molecule has 1 fully saturated rings. The fourth-order valence-electron chi connectivity index (χ4n) is 2.50. The van der Waals surface area contributed by atoms with Gasteiger partial charge in [0, 0.05) is 23.9 Å². The van der Waals surface area contributed by atoms with Crippen molar-refractivity contribution < 1.29 is 19.4 Å². The normalized spacial score (nSPS) is 18.1. The number of carbonyl (C=O) groups is 2. The lowest BCUT2D eigenvalue weighted by atomic mass is 10.1. The number of aromatic nitrogens is 1. The number of ether oxygens (including phenoxy) is 1. The molecular formula is C18H18N2O4S. The molecule has 0 radical (unpaired) electrons. The van der Waals surface area contributed by atoms with E-state index in [-0.39, 0.29) is 17.0 Å². The van der Waals surface area contributed by atoms with E-state index in [2.05, 4.69) is 10.3 Å². The van der Waals surface area contributed by atoms with Gasteiger partial charge in [-0.3, -0.25) is 14.6 Å². The minimum absolute atomic E-state index is 0.101. The largest absolute Gasteiger partial charge is 0.490 e. The molecule has 25 heavy (non-hydrogen) atoms. The van der Waals surface area contributed by atoms with Crippen molar-refractivity contribution in [3.05, 3.63) is 59.4 Å². The Morgan fingerprint density at radius 3 is 2.64 bits per heavy atom. The molecule has 1 aliphatic rings. The number of thioether (sulfide) groups is 1. The number of carbonyl (C=O) groups excluding carboxylic acids is 2. The van der Waals surface area contributed by atoms with E-state index in [9.17, 15) is 14.7 Å². The molecule has 0 bridgehead atoms. The first kappa shape index (κ1) is 17.4. The average molecular weight is 358 g/mol. The Balaban J connectivity index is 1.54. The lowest BCUT2D eigenvalue weighted by molar-refractivity contribution is -0.112. The molecule has 1 aromatic carbocycles. The number of benzene rings is 1. The summed E-state index contributed by atoms with van der Waals surface area (Å²) in [5.41, 5.74) is 2.34. The number of hydrogen-bond acceptors (Lipinski definition) is 6. The van der Waals surface area contributed by atoms with E-state index in [1.54, 1.807) is 18.2 Å². The van der Waals surface area contributed by atoms with E-state index in [0.717, 1.165) is 11.3 Å². The summed E-state index contributed by atoms with van der Waals surface area (Å²) < 4.78 is 5.59. The first-order chi connectivity index (χ1) is 12.0. The number of pyridine rings is 1. The fourth-order valence-corrected chi connectivity index (χ4v) is 3.16. The molecule has 1 saturated heterocycles. The van der Waals surface area contributed by atoms with Crippen LogP contribution in [0.1, 0.15) is 23.1 Å². The second-order valence-corrected chi connectivity index (χ2v) is 6.76. The number of aliphatic hydroxyl groups excluding tert-OH is 1. The number of rotatable bonds is 6. The van der Waals surface area contributed by atoms with Crippen LogP contribution in [0.2, 0.25) is 0 Å². The van der Waals surface area contributed by atoms with Gasteiger partial charge >= 0.3 is 0 Å². The monoisotopic (exact) mass is 358 g/mol. The van der Waals surface area contributed by atoms with Gasteiger partial charge in [0.2, 0.25) is 5.12 Å². The molecule has 1 aliphatic heterocycles. The quantitative estimate of drug-likeness (QED) is 0.824. The van der Waals surface area contributed by atoms with Gasteiger partial charge < -0.3 is 15.2 Å². The minimum atomic E-state index is -0.803. The predicted molar refractivity (Wildman–Crippen MR) is 94.5 cm³/mol. The third kappa shape index (κ3) is 4.58. The van der Waals surface area contributed by atoms with Crippen LogP contribution in [-0.2, 0) is 11.2 Å². The van der Waals surface area contributed by atoms with Crippen LogP contribution in [0.3, 0.4) is 0 Å². The van der Waals surface area contributed by atoms with Crippen molar-refractivity contribution in [1.82, 2.24) is 10.3 Å². The lowest BCUT2D eigenvalue weighted by Crippen LogP contribution is -2.30. The number of nitrogens with one attached hydrogen (secondary N) is 1. The maximum atomic E-state index is 11.6. The van der Waals surface area contributed by atoms with Crippen molar-refractivity contribution in [3.8, 4) is 5.75 Å². The number of amides is 1. The van der Waals surface area contributed by atoms with Crippen LogP contribution in [0.25, 0.3) is 0 Å². The molecule has 2 atom stereocenters. The van der Waals surface area contributed by atoms with Crippen LogP contribution in [0.15, 0.2) is 42.5 Å². The molecule has 2 heterocycles. The van der Waals surface area contributed by atoms with Crippen LogP contribution in [-0.4, -0.2) is 33.1 Å². The van der Waals surface area contributed by atoms with Gasteiger partial charge in [-0.05, 0) is 36.8 Å². The number of hydrogen-bond donors (Lipinski definition) is 2. The number of aliphatic hydroxyl groups is 1. The Bertz CT molecular complexity index is 779. The second kappa shape index (κ2) is 7.67.